The van der Waals surface area contributed by atoms with Crippen LogP contribution in [0.2, 0.25) is 0 Å². The summed E-state index contributed by atoms with van der Waals surface area (Å²) in [4.78, 5) is 27.4. The van der Waals surface area contributed by atoms with Crippen molar-refractivity contribution in [3.05, 3.63) is 29.8 Å². The number of carbonyl (C=O) groups is 2. The number of likely N-dealkylation sites (tertiary alicyclic amines) is 1. The van der Waals surface area contributed by atoms with Gasteiger partial charge in [0.1, 0.15) is 6.04 Å². The molecule has 2 aliphatic rings. The predicted octanol–water partition coefficient (Wildman–Crippen LogP) is 2.11. The summed E-state index contributed by atoms with van der Waals surface area (Å²) in [5, 5.41) is 9.39. The van der Waals surface area contributed by atoms with Crippen molar-refractivity contribution in [2.45, 2.75) is 31.7 Å². The molecule has 106 valence electrons. The maximum Gasteiger partial charge on any atom is 0.327 e. The van der Waals surface area contributed by atoms with Crippen LogP contribution in [0.25, 0.3) is 0 Å². The van der Waals surface area contributed by atoms with Gasteiger partial charge in [-0.3, -0.25) is 4.90 Å². The average Bonchev–Trinajstić information content (AvgIpc) is 2.87. The minimum atomic E-state index is -0.938. The summed E-state index contributed by atoms with van der Waals surface area (Å²) in [7, 11) is 0. The van der Waals surface area contributed by atoms with E-state index in [0.717, 1.165) is 43.6 Å². The number of aliphatic carboxylic acids is 1. The van der Waals surface area contributed by atoms with E-state index in [-0.39, 0.29) is 6.03 Å². The van der Waals surface area contributed by atoms with Gasteiger partial charge in [-0.25, -0.2) is 9.59 Å². The van der Waals surface area contributed by atoms with Crippen LogP contribution >= 0.6 is 0 Å². The normalized spacial score (nSPS) is 21.7. The minimum absolute atomic E-state index is 0.165. The number of carboxylic acids is 1. The molecule has 1 atom stereocenters. The number of carboxylic acid groups (broad SMARTS) is 1. The van der Waals surface area contributed by atoms with Crippen molar-refractivity contribution in [1.82, 2.24) is 4.90 Å². The number of para-hydroxylation sites is 1. The Morgan fingerprint density at radius 1 is 1.10 bits per heavy atom. The predicted molar refractivity (Wildman–Crippen MR) is 74.9 cm³/mol. The second kappa shape index (κ2) is 5.15. The molecule has 5 nitrogen and oxygen atoms in total. The summed E-state index contributed by atoms with van der Waals surface area (Å²) in [6, 6.07) is 6.52. The largest absolute Gasteiger partial charge is 0.480 e. The van der Waals surface area contributed by atoms with Crippen LogP contribution < -0.4 is 4.90 Å². The zero-order valence-electron chi connectivity index (χ0n) is 11.3. The van der Waals surface area contributed by atoms with E-state index in [0.29, 0.717) is 6.42 Å². The molecule has 2 aliphatic heterocycles. The summed E-state index contributed by atoms with van der Waals surface area (Å²) in [6.07, 6.45) is 3.53. The molecule has 0 unspecified atom stereocenters. The van der Waals surface area contributed by atoms with Gasteiger partial charge >= 0.3 is 12.0 Å². The Labute approximate surface area is 117 Å². The first kappa shape index (κ1) is 13.0. The van der Waals surface area contributed by atoms with E-state index in [1.54, 1.807) is 4.90 Å². The van der Waals surface area contributed by atoms with Gasteiger partial charge in [-0.15, -0.1) is 0 Å². The number of anilines is 1. The second-order valence-electron chi connectivity index (χ2n) is 5.39. The van der Waals surface area contributed by atoms with E-state index in [1.807, 2.05) is 24.3 Å². The number of amides is 2. The number of nitrogens with zero attached hydrogens (tertiary/aromatic N) is 2. The number of piperidine rings is 1. The van der Waals surface area contributed by atoms with Crippen LogP contribution in [-0.4, -0.2) is 41.1 Å². The van der Waals surface area contributed by atoms with E-state index < -0.39 is 12.0 Å². The molecular weight excluding hydrogens is 256 g/mol. The van der Waals surface area contributed by atoms with Gasteiger partial charge in [0.25, 0.3) is 0 Å². The maximum absolute atomic E-state index is 12.7. The van der Waals surface area contributed by atoms with E-state index in [4.69, 9.17) is 0 Å². The van der Waals surface area contributed by atoms with Gasteiger partial charge in [-0.1, -0.05) is 18.2 Å². The summed E-state index contributed by atoms with van der Waals surface area (Å²) in [5.41, 5.74) is 1.68. The summed E-state index contributed by atoms with van der Waals surface area (Å²) >= 11 is 0. The van der Waals surface area contributed by atoms with Crippen LogP contribution in [0.4, 0.5) is 10.5 Å². The highest BCUT2D eigenvalue weighted by Gasteiger charge is 2.40. The van der Waals surface area contributed by atoms with Gasteiger partial charge in [-0.05, 0) is 30.9 Å². The summed E-state index contributed by atoms with van der Waals surface area (Å²) < 4.78 is 0. The lowest BCUT2D eigenvalue weighted by Crippen LogP contribution is -2.51. The molecule has 1 N–H and O–H groups in total. The highest BCUT2D eigenvalue weighted by Crippen LogP contribution is 2.33. The number of benzene rings is 1. The van der Waals surface area contributed by atoms with E-state index in [9.17, 15) is 14.7 Å². The topological polar surface area (TPSA) is 60.9 Å². The van der Waals surface area contributed by atoms with Gasteiger partial charge < -0.3 is 10.0 Å². The van der Waals surface area contributed by atoms with Crippen molar-refractivity contribution in [2.75, 3.05) is 18.0 Å². The van der Waals surface area contributed by atoms with Crippen LogP contribution in [0.1, 0.15) is 24.8 Å². The van der Waals surface area contributed by atoms with E-state index in [1.165, 1.54) is 4.90 Å². The zero-order valence-corrected chi connectivity index (χ0v) is 11.3. The number of rotatable bonds is 1. The third-order valence-electron chi connectivity index (χ3n) is 4.09. The molecule has 1 aromatic rings. The molecule has 0 radical (unpaired) electrons. The molecule has 1 saturated heterocycles. The van der Waals surface area contributed by atoms with Crippen molar-refractivity contribution in [3.8, 4) is 0 Å². The number of fused-ring (bicyclic) bond motifs is 1. The molecule has 2 heterocycles. The Bertz CT molecular complexity index is 538. The lowest BCUT2D eigenvalue weighted by atomic mass is 10.1. The molecule has 1 fully saturated rings. The molecule has 1 aromatic carbocycles. The lowest BCUT2D eigenvalue weighted by molar-refractivity contribution is -0.138. The first-order valence-electron chi connectivity index (χ1n) is 7.07. The molecule has 0 spiro atoms. The fourth-order valence-corrected chi connectivity index (χ4v) is 3.06. The molecule has 0 saturated carbocycles. The summed E-state index contributed by atoms with van der Waals surface area (Å²) in [5.74, 6) is -0.938. The molecule has 0 bridgehead atoms. The first-order chi connectivity index (χ1) is 9.68. The van der Waals surface area contributed by atoms with Gasteiger partial charge in [0, 0.05) is 25.2 Å². The number of urea groups is 1. The molecule has 0 aromatic heterocycles. The Kier molecular flexibility index (Phi) is 3.34. The van der Waals surface area contributed by atoms with E-state index in [2.05, 4.69) is 0 Å². The minimum Gasteiger partial charge on any atom is -0.480 e. The third-order valence-corrected chi connectivity index (χ3v) is 4.09. The molecule has 5 heteroatoms. The molecule has 20 heavy (non-hydrogen) atoms. The SMILES string of the molecule is O=C(O)[C@H]1Cc2ccccc2N1C(=O)N1CCCCC1. The first-order valence-corrected chi connectivity index (χ1v) is 7.07. The van der Waals surface area contributed by atoms with Crippen LogP contribution in [-0.2, 0) is 11.2 Å². The Hall–Kier alpha value is -2.04. The number of hydrogen-bond acceptors (Lipinski definition) is 2. The average molecular weight is 274 g/mol. The van der Waals surface area contributed by atoms with Crippen molar-refractivity contribution >= 4 is 17.7 Å². The number of hydrogen-bond donors (Lipinski definition) is 1. The van der Waals surface area contributed by atoms with Crippen molar-refractivity contribution in [3.63, 3.8) is 0 Å². The third kappa shape index (κ3) is 2.13. The highest BCUT2D eigenvalue weighted by molar-refractivity contribution is 6.01. The van der Waals surface area contributed by atoms with Crippen LogP contribution in [0.15, 0.2) is 24.3 Å². The summed E-state index contributed by atoms with van der Waals surface area (Å²) in [6.45, 7) is 1.45. The van der Waals surface area contributed by atoms with Crippen molar-refractivity contribution in [1.29, 1.82) is 0 Å². The quantitative estimate of drug-likeness (QED) is 0.853. The second-order valence-corrected chi connectivity index (χ2v) is 5.39. The Morgan fingerprint density at radius 2 is 1.80 bits per heavy atom. The fourth-order valence-electron chi connectivity index (χ4n) is 3.06. The van der Waals surface area contributed by atoms with Crippen molar-refractivity contribution in [2.24, 2.45) is 0 Å². The molecule has 2 amide bonds. The van der Waals surface area contributed by atoms with Crippen LogP contribution in [0, 0.1) is 0 Å². The Balaban J connectivity index is 1.91. The maximum atomic E-state index is 12.7. The van der Waals surface area contributed by atoms with E-state index >= 15 is 0 Å². The van der Waals surface area contributed by atoms with Crippen molar-refractivity contribution < 1.29 is 14.7 Å². The van der Waals surface area contributed by atoms with Gasteiger partial charge in [0.2, 0.25) is 0 Å². The lowest BCUT2D eigenvalue weighted by Gasteiger charge is -2.33. The fraction of sp³-hybridized carbons (Fsp3) is 0.467. The van der Waals surface area contributed by atoms with Gasteiger partial charge in [0.05, 0.1) is 0 Å². The van der Waals surface area contributed by atoms with Gasteiger partial charge in [-0.2, -0.15) is 0 Å². The zero-order chi connectivity index (χ0) is 14.1. The molecular formula is C15H18N2O3. The monoisotopic (exact) mass is 274 g/mol. The van der Waals surface area contributed by atoms with Crippen LogP contribution in [0.5, 0.6) is 0 Å². The van der Waals surface area contributed by atoms with Gasteiger partial charge in [0.15, 0.2) is 0 Å². The standard InChI is InChI=1S/C15H18N2O3/c18-14(19)13-10-11-6-2-3-7-12(11)17(13)15(20)16-8-4-1-5-9-16/h2-3,6-7,13H,1,4-5,8-10H2,(H,18,19)/t13-/m1/s1. The highest BCUT2D eigenvalue weighted by atomic mass is 16.4. The Morgan fingerprint density at radius 3 is 2.50 bits per heavy atom. The molecule has 3 rings (SSSR count). The van der Waals surface area contributed by atoms with Crippen LogP contribution in [0.3, 0.4) is 0 Å². The number of carbonyl (C=O) groups excluding carboxylic acids is 1. The molecule has 0 aliphatic carbocycles. The smallest absolute Gasteiger partial charge is 0.327 e.